The number of ether oxygens (including phenoxy) is 2. The normalized spacial score (nSPS) is 14.7. The summed E-state index contributed by atoms with van der Waals surface area (Å²) in [6.45, 7) is 0.481. The molecule has 2 amide bonds. The Kier molecular flexibility index (Phi) is 7.87. The molecule has 0 heterocycles. The van der Waals surface area contributed by atoms with E-state index in [9.17, 15) is 14.4 Å². The van der Waals surface area contributed by atoms with E-state index in [1.807, 2.05) is 30.3 Å². The van der Waals surface area contributed by atoms with Crippen molar-refractivity contribution in [2.45, 2.75) is 43.6 Å². The number of likely N-dealkylation sites (N-methyl/N-ethyl adjacent to an activating group) is 1. The van der Waals surface area contributed by atoms with Crippen LogP contribution in [0.25, 0.3) is 0 Å². The Bertz CT molecular complexity index is 938. The third kappa shape index (κ3) is 5.46. The molecule has 2 aromatic rings. The number of unbranched alkanes of at least 4 members (excludes halogenated alkanes) is 2. The minimum Gasteiger partial charge on any atom is -0.497 e. The van der Waals surface area contributed by atoms with Crippen LogP contribution in [0.3, 0.4) is 0 Å². The van der Waals surface area contributed by atoms with Gasteiger partial charge in [-0.3, -0.25) is 9.59 Å². The number of amides is 2. The third-order valence-electron chi connectivity index (χ3n) is 5.79. The van der Waals surface area contributed by atoms with Crippen molar-refractivity contribution in [3.63, 3.8) is 0 Å². The van der Waals surface area contributed by atoms with Crippen LogP contribution < -0.4 is 20.1 Å². The number of rotatable bonds is 12. The Labute approximate surface area is 188 Å². The molecule has 2 N–H and O–H groups in total. The highest BCUT2D eigenvalue weighted by Gasteiger charge is 2.52. The monoisotopic (exact) mass is 438 g/mol. The van der Waals surface area contributed by atoms with Crippen LogP contribution >= 0.6 is 0 Å². The van der Waals surface area contributed by atoms with E-state index < -0.39 is 11.5 Å². The zero-order chi connectivity index (χ0) is 23.0. The van der Waals surface area contributed by atoms with E-state index in [-0.39, 0.29) is 11.8 Å². The number of hydrogen-bond acceptors (Lipinski definition) is 5. The van der Waals surface area contributed by atoms with E-state index >= 15 is 0 Å². The van der Waals surface area contributed by atoms with Gasteiger partial charge in [-0.25, -0.2) is 0 Å². The standard InChI is InChI=1S/C25H30N2O5/c1-26-23(29)22(18-7-6-8-21(17-18)32-16-5-3-4-15-28)27-24(30)25(13-14-25)19-9-11-20(31-2)12-10-19/h6-12,15,17,22H,3-5,13-14,16H2,1-2H3,(H,26,29)(H,27,30)/t22-/m0/s1. The molecule has 0 radical (unpaired) electrons. The molecule has 170 valence electrons. The average molecular weight is 439 g/mol. The van der Waals surface area contributed by atoms with Crippen LogP contribution in [0.15, 0.2) is 48.5 Å². The Balaban J connectivity index is 1.73. The van der Waals surface area contributed by atoms with Crippen LogP contribution in [-0.2, 0) is 19.8 Å². The highest BCUT2D eigenvalue weighted by atomic mass is 16.5. The number of carbonyl (C=O) groups is 3. The molecule has 3 rings (SSSR count). The van der Waals surface area contributed by atoms with Crippen molar-refractivity contribution in [3.8, 4) is 11.5 Å². The van der Waals surface area contributed by atoms with Gasteiger partial charge in [0.1, 0.15) is 23.8 Å². The summed E-state index contributed by atoms with van der Waals surface area (Å²) in [4.78, 5) is 36.3. The van der Waals surface area contributed by atoms with Crippen molar-refractivity contribution in [1.29, 1.82) is 0 Å². The van der Waals surface area contributed by atoms with Crippen molar-refractivity contribution in [1.82, 2.24) is 10.6 Å². The lowest BCUT2D eigenvalue weighted by Gasteiger charge is -2.23. The van der Waals surface area contributed by atoms with Crippen molar-refractivity contribution in [2.24, 2.45) is 0 Å². The van der Waals surface area contributed by atoms with Gasteiger partial charge in [-0.2, -0.15) is 0 Å². The van der Waals surface area contributed by atoms with E-state index in [0.717, 1.165) is 43.3 Å². The van der Waals surface area contributed by atoms with Gasteiger partial charge in [0.05, 0.1) is 19.1 Å². The Morgan fingerprint density at radius 2 is 1.84 bits per heavy atom. The van der Waals surface area contributed by atoms with Crippen LogP contribution in [0.2, 0.25) is 0 Å². The third-order valence-corrected chi connectivity index (χ3v) is 5.79. The van der Waals surface area contributed by atoms with Crippen LogP contribution in [-0.4, -0.2) is 38.9 Å². The number of nitrogens with one attached hydrogen (secondary N) is 2. The Morgan fingerprint density at radius 3 is 2.47 bits per heavy atom. The van der Waals surface area contributed by atoms with Gasteiger partial charge >= 0.3 is 0 Å². The van der Waals surface area contributed by atoms with Gasteiger partial charge in [-0.05, 0) is 61.1 Å². The van der Waals surface area contributed by atoms with Gasteiger partial charge in [-0.1, -0.05) is 24.3 Å². The van der Waals surface area contributed by atoms with E-state index in [2.05, 4.69) is 10.6 Å². The highest BCUT2D eigenvalue weighted by Crippen LogP contribution is 2.49. The first kappa shape index (κ1) is 23.3. The quantitative estimate of drug-likeness (QED) is 0.392. The molecule has 0 spiro atoms. The lowest BCUT2D eigenvalue weighted by atomic mass is 9.94. The molecule has 1 fully saturated rings. The summed E-state index contributed by atoms with van der Waals surface area (Å²) >= 11 is 0. The van der Waals surface area contributed by atoms with Gasteiger partial charge in [0.15, 0.2) is 0 Å². The maximum Gasteiger partial charge on any atom is 0.246 e. The molecule has 0 bridgehead atoms. The molecule has 2 aromatic carbocycles. The molecule has 7 nitrogen and oxygen atoms in total. The topological polar surface area (TPSA) is 93.7 Å². The fraction of sp³-hybridized carbons (Fsp3) is 0.400. The molecule has 1 aliphatic carbocycles. The summed E-state index contributed by atoms with van der Waals surface area (Å²) in [5.74, 6) is 0.882. The van der Waals surface area contributed by atoms with E-state index in [1.54, 1.807) is 32.4 Å². The summed E-state index contributed by atoms with van der Waals surface area (Å²) < 4.78 is 11.0. The number of hydrogen-bond donors (Lipinski definition) is 2. The molecule has 7 heteroatoms. The molecule has 1 saturated carbocycles. The molecular formula is C25H30N2O5. The lowest BCUT2D eigenvalue weighted by Crippen LogP contribution is -2.43. The molecule has 0 saturated heterocycles. The van der Waals surface area contributed by atoms with Gasteiger partial charge in [0, 0.05) is 13.5 Å². The van der Waals surface area contributed by atoms with Crippen molar-refractivity contribution < 1.29 is 23.9 Å². The molecule has 1 aliphatic rings. The first-order valence-corrected chi connectivity index (χ1v) is 10.9. The number of aldehydes is 1. The largest absolute Gasteiger partial charge is 0.497 e. The molecule has 32 heavy (non-hydrogen) atoms. The first-order chi connectivity index (χ1) is 15.5. The fourth-order valence-corrected chi connectivity index (χ4v) is 3.70. The SMILES string of the molecule is CNC(=O)[C@@H](NC(=O)C1(c2ccc(OC)cc2)CC1)c1cccc(OCCCCC=O)c1. The van der Waals surface area contributed by atoms with E-state index in [4.69, 9.17) is 9.47 Å². The second-order valence-electron chi connectivity index (χ2n) is 7.91. The summed E-state index contributed by atoms with van der Waals surface area (Å²) in [5.41, 5.74) is 0.943. The van der Waals surface area contributed by atoms with Crippen LogP contribution in [0, 0.1) is 0 Å². The Morgan fingerprint density at radius 1 is 1.09 bits per heavy atom. The minimum absolute atomic E-state index is 0.170. The van der Waals surface area contributed by atoms with E-state index in [0.29, 0.717) is 24.3 Å². The molecule has 0 unspecified atom stereocenters. The highest BCUT2D eigenvalue weighted by molar-refractivity contribution is 5.95. The van der Waals surface area contributed by atoms with Gasteiger partial charge in [0.25, 0.3) is 0 Å². The van der Waals surface area contributed by atoms with Crippen molar-refractivity contribution in [3.05, 3.63) is 59.7 Å². The smallest absolute Gasteiger partial charge is 0.246 e. The zero-order valence-corrected chi connectivity index (χ0v) is 18.6. The van der Waals surface area contributed by atoms with Crippen LogP contribution in [0.4, 0.5) is 0 Å². The fourth-order valence-electron chi connectivity index (χ4n) is 3.70. The maximum absolute atomic E-state index is 13.3. The predicted molar refractivity (Wildman–Crippen MR) is 121 cm³/mol. The van der Waals surface area contributed by atoms with Gasteiger partial charge in [0.2, 0.25) is 11.8 Å². The Hall–Kier alpha value is -3.35. The van der Waals surface area contributed by atoms with Crippen molar-refractivity contribution >= 4 is 18.1 Å². The van der Waals surface area contributed by atoms with Gasteiger partial charge in [-0.15, -0.1) is 0 Å². The molecule has 0 aromatic heterocycles. The van der Waals surface area contributed by atoms with Gasteiger partial charge < -0.3 is 24.9 Å². The minimum atomic E-state index is -0.832. The second-order valence-corrected chi connectivity index (χ2v) is 7.91. The molecule has 1 atom stereocenters. The first-order valence-electron chi connectivity index (χ1n) is 10.9. The average Bonchev–Trinajstić information content (AvgIpc) is 3.64. The van der Waals surface area contributed by atoms with E-state index in [1.165, 1.54) is 0 Å². The maximum atomic E-state index is 13.3. The summed E-state index contributed by atoms with van der Waals surface area (Å²) in [5, 5.41) is 5.59. The summed E-state index contributed by atoms with van der Waals surface area (Å²) in [6.07, 6.45) is 4.42. The number of benzene rings is 2. The number of methoxy groups -OCH3 is 1. The lowest BCUT2D eigenvalue weighted by molar-refractivity contribution is -0.130. The van der Waals surface area contributed by atoms with Crippen LogP contribution in [0.5, 0.6) is 11.5 Å². The molecular weight excluding hydrogens is 408 g/mol. The zero-order valence-electron chi connectivity index (χ0n) is 18.6. The number of carbonyl (C=O) groups excluding carboxylic acids is 3. The predicted octanol–water partition coefficient (Wildman–Crippen LogP) is 3.08. The van der Waals surface area contributed by atoms with Crippen molar-refractivity contribution in [2.75, 3.05) is 20.8 Å². The second kappa shape index (κ2) is 10.8. The molecule has 0 aliphatic heterocycles. The van der Waals surface area contributed by atoms with Crippen LogP contribution in [0.1, 0.15) is 49.3 Å². The summed E-state index contributed by atoms with van der Waals surface area (Å²) in [7, 11) is 3.15. The summed E-state index contributed by atoms with van der Waals surface area (Å²) in [6, 6.07) is 13.8.